The number of carbonyl (C=O) groups excluding carboxylic acids is 2. The molecule has 3 heterocycles. The number of amides is 3. The van der Waals surface area contributed by atoms with Crippen LogP contribution in [0.3, 0.4) is 0 Å². The van der Waals surface area contributed by atoms with Crippen molar-refractivity contribution in [2.45, 2.75) is 44.8 Å². The number of carbonyl (C=O) groups is 2. The molecule has 3 amide bonds. The first kappa shape index (κ1) is 18.1. The standard InChI is InChI=1S/C20H24N4O2S/c1-2-17-21-16(13-27-17)12-24-18(25)20(22-19(24)26)9-6-10-23(14-20)11-15-7-4-3-5-8-15/h3-5,7-8,13H,2,6,9-12,14H2,1H3,(H,22,26). The average Bonchev–Trinajstić information content (AvgIpc) is 3.22. The number of thiazole rings is 1. The van der Waals surface area contributed by atoms with Gasteiger partial charge < -0.3 is 5.32 Å². The molecule has 4 rings (SSSR count). The van der Waals surface area contributed by atoms with Gasteiger partial charge in [0, 0.05) is 18.5 Å². The van der Waals surface area contributed by atoms with Crippen LogP contribution in [0.1, 0.15) is 36.0 Å². The van der Waals surface area contributed by atoms with Crippen LogP contribution in [0.4, 0.5) is 4.79 Å². The van der Waals surface area contributed by atoms with E-state index in [-0.39, 0.29) is 18.5 Å². The summed E-state index contributed by atoms with van der Waals surface area (Å²) in [5.74, 6) is -0.115. The van der Waals surface area contributed by atoms with Crippen LogP contribution in [0.5, 0.6) is 0 Å². The van der Waals surface area contributed by atoms with Crippen LogP contribution >= 0.6 is 11.3 Å². The number of benzene rings is 1. The lowest BCUT2D eigenvalue weighted by molar-refractivity contribution is -0.133. The zero-order valence-corrected chi connectivity index (χ0v) is 16.3. The Bertz CT molecular complexity index is 838. The lowest BCUT2D eigenvalue weighted by Crippen LogP contribution is -2.58. The zero-order chi connectivity index (χ0) is 18.9. The lowest BCUT2D eigenvalue weighted by Gasteiger charge is -2.38. The van der Waals surface area contributed by atoms with E-state index in [1.54, 1.807) is 11.3 Å². The van der Waals surface area contributed by atoms with Crippen LogP contribution < -0.4 is 5.32 Å². The van der Waals surface area contributed by atoms with E-state index in [4.69, 9.17) is 0 Å². The second kappa shape index (κ2) is 7.40. The summed E-state index contributed by atoms with van der Waals surface area (Å²) in [6.45, 7) is 4.58. The number of imide groups is 1. The highest BCUT2D eigenvalue weighted by Crippen LogP contribution is 2.30. The lowest BCUT2D eigenvalue weighted by atomic mass is 9.88. The first-order valence-electron chi connectivity index (χ1n) is 9.43. The summed E-state index contributed by atoms with van der Waals surface area (Å²) < 4.78 is 0. The Morgan fingerprint density at radius 3 is 2.78 bits per heavy atom. The van der Waals surface area contributed by atoms with E-state index >= 15 is 0 Å². The van der Waals surface area contributed by atoms with Crippen molar-refractivity contribution >= 4 is 23.3 Å². The molecule has 1 aromatic carbocycles. The summed E-state index contributed by atoms with van der Waals surface area (Å²) in [6, 6.07) is 9.94. The van der Waals surface area contributed by atoms with Crippen molar-refractivity contribution in [3.8, 4) is 0 Å². The van der Waals surface area contributed by atoms with Gasteiger partial charge in [0.2, 0.25) is 0 Å². The monoisotopic (exact) mass is 384 g/mol. The Morgan fingerprint density at radius 2 is 2.04 bits per heavy atom. The van der Waals surface area contributed by atoms with Gasteiger partial charge in [-0.15, -0.1) is 11.3 Å². The Kier molecular flexibility index (Phi) is 4.97. The van der Waals surface area contributed by atoms with Crippen molar-refractivity contribution < 1.29 is 9.59 Å². The third-order valence-corrected chi connectivity index (χ3v) is 6.33. The van der Waals surface area contributed by atoms with E-state index in [0.717, 1.165) is 36.6 Å². The van der Waals surface area contributed by atoms with Crippen LogP contribution in [0.15, 0.2) is 35.7 Å². The SMILES string of the molecule is CCc1nc(CN2C(=O)NC3(CCCN(Cc4ccccc4)C3)C2=O)cs1. The number of rotatable bonds is 5. The summed E-state index contributed by atoms with van der Waals surface area (Å²) in [6.07, 6.45) is 2.45. The highest BCUT2D eigenvalue weighted by Gasteiger charge is 2.52. The molecular weight excluding hydrogens is 360 g/mol. The van der Waals surface area contributed by atoms with Gasteiger partial charge in [0.1, 0.15) is 5.54 Å². The molecule has 6 nitrogen and oxygen atoms in total. The predicted octanol–water partition coefficient (Wildman–Crippen LogP) is 2.79. The summed E-state index contributed by atoms with van der Waals surface area (Å²) in [5.41, 5.74) is 1.21. The van der Waals surface area contributed by atoms with Crippen LogP contribution in [0, 0.1) is 0 Å². The largest absolute Gasteiger partial charge is 0.325 e. The number of nitrogens with zero attached hydrogens (tertiary/aromatic N) is 3. The van der Waals surface area contributed by atoms with E-state index < -0.39 is 5.54 Å². The summed E-state index contributed by atoms with van der Waals surface area (Å²) >= 11 is 1.58. The minimum Gasteiger partial charge on any atom is -0.322 e. The topological polar surface area (TPSA) is 65.5 Å². The number of nitrogens with one attached hydrogen (secondary N) is 1. The fourth-order valence-electron chi connectivity index (χ4n) is 3.96. The van der Waals surface area contributed by atoms with Crippen LogP contribution in [0.2, 0.25) is 0 Å². The van der Waals surface area contributed by atoms with E-state index in [1.165, 1.54) is 10.5 Å². The van der Waals surface area contributed by atoms with E-state index in [9.17, 15) is 9.59 Å². The van der Waals surface area contributed by atoms with Crippen molar-refractivity contribution in [1.29, 1.82) is 0 Å². The minimum absolute atomic E-state index is 0.115. The third kappa shape index (κ3) is 3.61. The Balaban J connectivity index is 1.47. The molecule has 2 fully saturated rings. The third-order valence-electron chi connectivity index (χ3n) is 5.29. The number of hydrogen-bond donors (Lipinski definition) is 1. The molecule has 1 N–H and O–H groups in total. The van der Waals surface area contributed by atoms with E-state index in [0.29, 0.717) is 13.0 Å². The number of piperidine rings is 1. The molecule has 1 atom stereocenters. The molecule has 1 aromatic heterocycles. The highest BCUT2D eigenvalue weighted by atomic mass is 32.1. The summed E-state index contributed by atoms with van der Waals surface area (Å²) in [4.78, 5) is 33.8. The van der Waals surface area contributed by atoms with Crippen LogP contribution in [-0.4, -0.2) is 45.4 Å². The maximum absolute atomic E-state index is 13.2. The first-order valence-corrected chi connectivity index (χ1v) is 10.3. The molecule has 2 aliphatic rings. The second-order valence-electron chi connectivity index (χ2n) is 7.29. The van der Waals surface area contributed by atoms with Gasteiger partial charge in [-0.25, -0.2) is 9.78 Å². The van der Waals surface area contributed by atoms with Gasteiger partial charge in [-0.1, -0.05) is 37.3 Å². The second-order valence-corrected chi connectivity index (χ2v) is 8.23. The van der Waals surface area contributed by atoms with Gasteiger partial charge in [-0.2, -0.15) is 0 Å². The summed E-state index contributed by atoms with van der Waals surface area (Å²) in [7, 11) is 0. The van der Waals surface area contributed by atoms with Crippen molar-refractivity contribution in [3.63, 3.8) is 0 Å². The molecule has 2 aliphatic heterocycles. The van der Waals surface area contributed by atoms with Crippen molar-refractivity contribution in [2.24, 2.45) is 0 Å². The molecule has 0 aliphatic carbocycles. The number of hydrogen-bond acceptors (Lipinski definition) is 5. The van der Waals surface area contributed by atoms with Crippen LogP contribution in [0.25, 0.3) is 0 Å². The first-order chi connectivity index (χ1) is 13.1. The van der Waals surface area contributed by atoms with Gasteiger partial charge in [-0.3, -0.25) is 14.6 Å². The Hall–Kier alpha value is -2.25. The molecule has 142 valence electrons. The fraction of sp³-hybridized carbons (Fsp3) is 0.450. The highest BCUT2D eigenvalue weighted by molar-refractivity contribution is 7.09. The maximum Gasteiger partial charge on any atom is 0.325 e. The Labute approximate surface area is 163 Å². The van der Waals surface area contributed by atoms with Crippen molar-refractivity contribution in [1.82, 2.24) is 20.1 Å². The fourth-order valence-corrected chi connectivity index (χ4v) is 4.70. The van der Waals surface area contributed by atoms with E-state index in [2.05, 4.69) is 34.3 Å². The van der Waals surface area contributed by atoms with Crippen LogP contribution in [-0.2, 0) is 24.3 Å². The molecule has 2 saturated heterocycles. The molecule has 1 unspecified atom stereocenters. The molecule has 1 spiro atoms. The van der Waals surface area contributed by atoms with Crippen molar-refractivity contribution in [3.05, 3.63) is 52.0 Å². The van der Waals surface area contributed by atoms with E-state index in [1.807, 2.05) is 23.6 Å². The number of aryl methyl sites for hydroxylation is 1. The Morgan fingerprint density at radius 1 is 1.22 bits per heavy atom. The molecule has 2 aromatic rings. The zero-order valence-electron chi connectivity index (χ0n) is 15.5. The van der Waals surface area contributed by atoms with Gasteiger partial charge in [-0.05, 0) is 31.4 Å². The predicted molar refractivity (Wildman–Crippen MR) is 104 cm³/mol. The number of aromatic nitrogens is 1. The molecule has 0 radical (unpaired) electrons. The normalized spacial score (nSPS) is 23.2. The summed E-state index contributed by atoms with van der Waals surface area (Å²) in [5, 5.41) is 5.96. The average molecular weight is 385 g/mol. The molecule has 0 saturated carbocycles. The number of urea groups is 1. The number of likely N-dealkylation sites (tertiary alicyclic amines) is 1. The smallest absolute Gasteiger partial charge is 0.322 e. The molecule has 0 bridgehead atoms. The maximum atomic E-state index is 13.2. The quantitative estimate of drug-likeness (QED) is 0.805. The van der Waals surface area contributed by atoms with Gasteiger partial charge in [0.05, 0.1) is 17.2 Å². The van der Waals surface area contributed by atoms with Gasteiger partial charge in [0.25, 0.3) is 5.91 Å². The molecule has 7 heteroatoms. The van der Waals surface area contributed by atoms with Gasteiger partial charge in [0.15, 0.2) is 0 Å². The minimum atomic E-state index is -0.798. The molecular formula is C20H24N4O2S. The van der Waals surface area contributed by atoms with Crippen molar-refractivity contribution in [2.75, 3.05) is 13.1 Å². The molecule has 27 heavy (non-hydrogen) atoms. The van der Waals surface area contributed by atoms with Gasteiger partial charge >= 0.3 is 6.03 Å².